The fourth-order valence-electron chi connectivity index (χ4n) is 1.18. The van der Waals surface area contributed by atoms with Gasteiger partial charge in [0.25, 0.3) is 0 Å². The Morgan fingerprint density at radius 2 is 2.20 bits per heavy atom. The van der Waals surface area contributed by atoms with E-state index in [-0.39, 0.29) is 5.54 Å². The molecule has 0 aromatic carbocycles. The summed E-state index contributed by atoms with van der Waals surface area (Å²) in [6, 6.07) is 0. The van der Waals surface area contributed by atoms with Gasteiger partial charge in [0, 0.05) is 17.3 Å². The van der Waals surface area contributed by atoms with E-state index in [1.807, 2.05) is 11.8 Å². The third-order valence-corrected chi connectivity index (χ3v) is 4.37. The summed E-state index contributed by atoms with van der Waals surface area (Å²) in [6.45, 7) is 8.61. The zero-order valence-electron chi connectivity index (χ0n) is 10.5. The van der Waals surface area contributed by atoms with Gasteiger partial charge in [-0.2, -0.15) is 0 Å². The summed E-state index contributed by atoms with van der Waals surface area (Å²) in [7, 11) is 4.22. The van der Waals surface area contributed by atoms with Crippen molar-refractivity contribution >= 4 is 16.9 Å². The topological polar surface area (TPSA) is 27.6 Å². The minimum atomic E-state index is 0.174. The van der Waals surface area contributed by atoms with E-state index in [9.17, 15) is 0 Å². The fraction of sp³-hybridized carbons (Fsp3) is 0.909. The highest BCUT2D eigenvalue weighted by Crippen LogP contribution is 2.22. The molecule has 1 N–H and O–H groups in total. The molecule has 1 aliphatic heterocycles. The second kappa shape index (κ2) is 5.21. The largest absolute Gasteiger partial charge is 0.363 e. The number of hydrogen-bond donors (Lipinski definition) is 1. The molecule has 0 bridgehead atoms. The Hall–Kier alpha value is -0.220. The van der Waals surface area contributed by atoms with Crippen LogP contribution in [0.4, 0.5) is 0 Å². The van der Waals surface area contributed by atoms with E-state index in [2.05, 4.69) is 50.1 Å². The van der Waals surface area contributed by atoms with Crippen molar-refractivity contribution in [3.8, 4) is 0 Å². The summed E-state index contributed by atoms with van der Waals surface area (Å²) in [5.41, 5.74) is 0.174. The number of amidine groups is 1. The molecule has 15 heavy (non-hydrogen) atoms. The van der Waals surface area contributed by atoms with E-state index in [4.69, 9.17) is 0 Å². The van der Waals surface area contributed by atoms with Crippen LogP contribution < -0.4 is 5.32 Å². The smallest absolute Gasteiger partial charge is 0.156 e. The Kier molecular flexibility index (Phi) is 4.46. The van der Waals surface area contributed by atoms with Crippen LogP contribution in [-0.4, -0.2) is 48.0 Å². The van der Waals surface area contributed by atoms with Crippen molar-refractivity contribution in [1.29, 1.82) is 0 Å². The lowest BCUT2D eigenvalue weighted by Crippen LogP contribution is -2.47. The van der Waals surface area contributed by atoms with E-state index < -0.39 is 0 Å². The molecule has 3 nitrogen and oxygen atoms in total. The van der Waals surface area contributed by atoms with Gasteiger partial charge < -0.3 is 10.2 Å². The molecule has 0 fully saturated rings. The maximum Gasteiger partial charge on any atom is 0.156 e. The molecule has 1 unspecified atom stereocenters. The molecular formula is C11H23N3S. The third kappa shape index (κ3) is 3.68. The lowest BCUT2D eigenvalue weighted by molar-refractivity contribution is 0.198. The first kappa shape index (κ1) is 12.8. The lowest BCUT2D eigenvalue weighted by atomic mass is 10.1. The Morgan fingerprint density at radius 3 is 2.67 bits per heavy atom. The first-order chi connectivity index (χ1) is 6.95. The van der Waals surface area contributed by atoms with Gasteiger partial charge in [-0.15, -0.1) is 0 Å². The van der Waals surface area contributed by atoms with Gasteiger partial charge in [0.15, 0.2) is 5.17 Å². The Bertz CT molecular complexity index is 236. The quantitative estimate of drug-likeness (QED) is 0.796. The van der Waals surface area contributed by atoms with Crippen LogP contribution in [0.3, 0.4) is 0 Å². The predicted molar refractivity (Wildman–Crippen MR) is 69.7 cm³/mol. The van der Waals surface area contributed by atoms with E-state index in [0.29, 0.717) is 5.25 Å². The number of thioether (sulfide) groups is 1. The van der Waals surface area contributed by atoms with Gasteiger partial charge in [-0.05, 0) is 34.4 Å². The molecule has 1 atom stereocenters. The molecule has 0 saturated carbocycles. The number of aliphatic imine (C=N–C) groups is 1. The molecule has 1 aliphatic rings. The summed E-state index contributed by atoms with van der Waals surface area (Å²) >= 11 is 1.88. The predicted octanol–water partition coefficient (Wildman–Crippen LogP) is 1.80. The van der Waals surface area contributed by atoms with Gasteiger partial charge in [-0.3, -0.25) is 4.99 Å². The molecule has 0 aromatic rings. The highest BCUT2D eigenvalue weighted by molar-refractivity contribution is 8.14. The lowest BCUT2D eigenvalue weighted by Gasteiger charge is -2.32. The Labute approximate surface area is 97.7 Å². The van der Waals surface area contributed by atoms with Gasteiger partial charge in [-0.1, -0.05) is 18.7 Å². The van der Waals surface area contributed by atoms with Crippen LogP contribution >= 0.6 is 11.8 Å². The van der Waals surface area contributed by atoms with E-state index >= 15 is 0 Å². The maximum atomic E-state index is 4.50. The van der Waals surface area contributed by atoms with E-state index in [1.54, 1.807) is 0 Å². The molecule has 0 spiro atoms. The number of likely N-dealkylation sites (N-methyl/N-ethyl adjacent to an activating group) is 1. The molecular weight excluding hydrogens is 206 g/mol. The minimum absolute atomic E-state index is 0.174. The molecule has 0 saturated heterocycles. The first-order valence-corrected chi connectivity index (χ1v) is 6.46. The minimum Gasteiger partial charge on any atom is -0.363 e. The molecule has 0 aromatic heterocycles. The Balaban J connectivity index is 2.33. The molecule has 4 heteroatoms. The van der Waals surface area contributed by atoms with Crippen LogP contribution in [0.1, 0.15) is 27.2 Å². The maximum absolute atomic E-state index is 4.50. The molecule has 0 radical (unpaired) electrons. The van der Waals surface area contributed by atoms with Crippen molar-refractivity contribution < 1.29 is 0 Å². The molecule has 1 rings (SSSR count). The monoisotopic (exact) mass is 229 g/mol. The van der Waals surface area contributed by atoms with E-state index in [1.165, 1.54) is 6.42 Å². The third-order valence-electron chi connectivity index (χ3n) is 3.06. The fourth-order valence-corrected chi connectivity index (χ4v) is 2.11. The SMILES string of the molecule is CCC1CN=C(NCC(C)(C)N(C)C)S1. The van der Waals surface area contributed by atoms with Crippen molar-refractivity contribution in [1.82, 2.24) is 10.2 Å². The van der Waals surface area contributed by atoms with Crippen LogP contribution in [0.15, 0.2) is 4.99 Å². The van der Waals surface area contributed by atoms with Crippen molar-refractivity contribution in [2.75, 3.05) is 27.2 Å². The van der Waals surface area contributed by atoms with Crippen molar-refractivity contribution in [2.45, 2.75) is 38.0 Å². The van der Waals surface area contributed by atoms with Gasteiger partial charge >= 0.3 is 0 Å². The zero-order chi connectivity index (χ0) is 11.5. The second-order valence-corrected chi connectivity index (χ2v) is 6.14. The van der Waals surface area contributed by atoms with Gasteiger partial charge in [0.1, 0.15) is 0 Å². The van der Waals surface area contributed by atoms with Crippen LogP contribution in [0, 0.1) is 0 Å². The zero-order valence-corrected chi connectivity index (χ0v) is 11.3. The van der Waals surface area contributed by atoms with Gasteiger partial charge in [-0.25, -0.2) is 0 Å². The van der Waals surface area contributed by atoms with Crippen LogP contribution in [0.25, 0.3) is 0 Å². The van der Waals surface area contributed by atoms with Crippen LogP contribution in [0.2, 0.25) is 0 Å². The number of nitrogens with one attached hydrogen (secondary N) is 1. The second-order valence-electron chi connectivity index (χ2n) is 4.85. The summed E-state index contributed by atoms with van der Waals surface area (Å²) < 4.78 is 0. The Morgan fingerprint density at radius 1 is 1.53 bits per heavy atom. The van der Waals surface area contributed by atoms with Crippen molar-refractivity contribution in [3.05, 3.63) is 0 Å². The van der Waals surface area contributed by atoms with Crippen molar-refractivity contribution in [2.24, 2.45) is 4.99 Å². The van der Waals surface area contributed by atoms with Gasteiger partial charge in [0.05, 0.1) is 6.54 Å². The molecule has 88 valence electrons. The summed E-state index contributed by atoms with van der Waals surface area (Å²) in [6.07, 6.45) is 1.20. The molecule has 0 aliphatic carbocycles. The summed E-state index contributed by atoms with van der Waals surface area (Å²) in [4.78, 5) is 6.73. The highest BCUT2D eigenvalue weighted by Gasteiger charge is 2.23. The van der Waals surface area contributed by atoms with Gasteiger partial charge in [0.2, 0.25) is 0 Å². The van der Waals surface area contributed by atoms with Crippen LogP contribution in [0.5, 0.6) is 0 Å². The first-order valence-electron chi connectivity index (χ1n) is 5.58. The highest BCUT2D eigenvalue weighted by atomic mass is 32.2. The summed E-state index contributed by atoms with van der Waals surface area (Å²) in [5.74, 6) is 0. The number of rotatable bonds is 4. The standard InChI is InChI=1S/C11H23N3S/c1-6-9-7-12-10(15-9)13-8-11(2,3)14(4)5/h9H,6-8H2,1-5H3,(H,12,13). The van der Waals surface area contributed by atoms with Crippen molar-refractivity contribution in [3.63, 3.8) is 0 Å². The molecule has 1 heterocycles. The number of nitrogens with zero attached hydrogens (tertiary/aromatic N) is 2. The average molecular weight is 229 g/mol. The number of hydrogen-bond acceptors (Lipinski definition) is 4. The van der Waals surface area contributed by atoms with Crippen LogP contribution in [-0.2, 0) is 0 Å². The molecule has 0 amide bonds. The van der Waals surface area contributed by atoms with E-state index in [0.717, 1.165) is 18.3 Å². The normalized spacial score (nSPS) is 22.0. The summed E-state index contributed by atoms with van der Waals surface area (Å²) in [5, 5.41) is 5.25. The average Bonchev–Trinajstić information content (AvgIpc) is 2.62.